The molecule has 0 saturated heterocycles. The number of carbonyl (C=O) groups is 1. The summed E-state index contributed by atoms with van der Waals surface area (Å²) in [6.45, 7) is -0.763. The minimum absolute atomic E-state index is 0.414. The maximum absolute atomic E-state index is 13.3. The van der Waals surface area contributed by atoms with E-state index in [0.29, 0.717) is 6.07 Å². The second-order valence-electron chi connectivity index (χ2n) is 3.89. The predicted molar refractivity (Wildman–Crippen MR) is 62.5 cm³/mol. The van der Waals surface area contributed by atoms with E-state index in [2.05, 4.69) is 0 Å². The van der Waals surface area contributed by atoms with Crippen molar-refractivity contribution in [2.45, 2.75) is 0 Å². The van der Waals surface area contributed by atoms with Gasteiger partial charge in [0.15, 0.2) is 24.0 Å². The summed E-state index contributed by atoms with van der Waals surface area (Å²) < 4.78 is 57.2. The highest BCUT2D eigenvalue weighted by molar-refractivity contribution is 5.97. The highest BCUT2D eigenvalue weighted by atomic mass is 19.1. The summed E-state index contributed by atoms with van der Waals surface area (Å²) in [6.07, 6.45) is 0. The first kappa shape index (κ1) is 14.0. The van der Waals surface area contributed by atoms with Crippen LogP contribution < -0.4 is 4.74 Å². The Hall–Kier alpha value is -2.37. The van der Waals surface area contributed by atoms with Gasteiger partial charge in [-0.1, -0.05) is 6.07 Å². The number of hydrogen-bond acceptors (Lipinski definition) is 2. The number of carbonyl (C=O) groups excluding carboxylic acids is 1. The molecule has 0 aliphatic rings. The van der Waals surface area contributed by atoms with Gasteiger partial charge in [0, 0.05) is 6.07 Å². The Balaban J connectivity index is 2.13. The molecule has 0 fully saturated rings. The lowest BCUT2D eigenvalue weighted by Gasteiger charge is -2.08. The van der Waals surface area contributed by atoms with E-state index < -0.39 is 47.0 Å². The van der Waals surface area contributed by atoms with Crippen molar-refractivity contribution in [3.05, 3.63) is 65.2 Å². The van der Waals surface area contributed by atoms with Crippen molar-refractivity contribution in [1.29, 1.82) is 0 Å². The summed E-state index contributed by atoms with van der Waals surface area (Å²) in [5, 5.41) is 0. The molecule has 0 radical (unpaired) electrons. The third-order valence-corrected chi connectivity index (χ3v) is 2.50. The third kappa shape index (κ3) is 2.96. The summed E-state index contributed by atoms with van der Waals surface area (Å²) in [6, 6.07) is 5.44. The molecular formula is C14H8F4O2. The molecule has 0 spiro atoms. The lowest BCUT2D eigenvalue weighted by Crippen LogP contribution is -2.14. The Kier molecular flexibility index (Phi) is 4.02. The van der Waals surface area contributed by atoms with Crippen molar-refractivity contribution in [3.8, 4) is 5.75 Å². The molecule has 2 aromatic rings. The molecule has 0 unspecified atom stereocenters. The second kappa shape index (κ2) is 5.73. The molecule has 0 bridgehead atoms. The van der Waals surface area contributed by atoms with Crippen LogP contribution in [0.25, 0.3) is 0 Å². The van der Waals surface area contributed by atoms with E-state index in [1.165, 1.54) is 0 Å². The Morgan fingerprint density at radius 3 is 2.20 bits per heavy atom. The standard InChI is InChI=1S/C14H8F4O2/c15-8-4-5-9(12(18)6-8)13(19)7-20-14-10(16)2-1-3-11(14)17/h1-6H,7H2. The molecule has 0 heterocycles. The average Bonchev–Trinajstić information content (AvgIpc) is 2.37. The van der Waals surface area contributed by atoms with Crippen LogP contribution >= 0.6 is 0 Å². The highest BCUT2D eigenvalue weighted by Crippen LogP contribution is 2.21. The number of ether oxygens (including phenoxy) is 1. The molecule has 0 aromatic heterocycles. The van der Waals surface area contributed by atoms with Gasteiger partial charge in [-0.2, -0.15) is 0 Å². The molecule has 20 heavy (non-hydrogen) atoms. The maximum Gasteiger partial charge on any atom is 0.203 e. The van der Waals surface area contributed by atoms with E-state index in [4.69, 9.17) is 4.74 Å². The van der Waals surface area contributed by atoms with Crippen LogP contribution in [0.15, 0.2) is 36.4 Å². The molecule has 0 saturated carbocycles. The first-order valence-electron chi connectivity index (χ1n) is 5.54. The average molecular weight is 284 g/mol. The summed E-state index contributed by atoms with van der Waals surface area (Å²) in [4.78, 5) is 11.6. The molecule has 2 aromatic carbocycles. The quantitative estimate of drug-likeness (QED) is 0.634. The molecule has 0 atom stereocenters. The number of halogens is 4. The number of para-hydroxylation sites is 1. The van der Waals surface area contributed by atoms with Gasteiger partial charge in [0.2, 0.25) is 5.78 Å². The van der Waals surface area contributed by atoms with E-state index >= 15 is 0 Å². The van der Waals surface area contributed by atoms with Crippen LogP contribution in [0.5, 0.6) is 5.75 Å². The topological polar surface area (TPSA) is 26.3 Å². The maximum atomic E-state index is 13.3. The number of benzene rings is 2. The van der Waals surface area contributed by atoms with Crippen molar-refractivity contribution in [3.63, 3.8) is 0 Å². The van der Waals surface area contributed by atoms with Crippen molar-refractivity contribution < 1.29 is 27.1 Å². The van der Waals surface area contributed by atoms with Gasteiger partial charge in [-0.05, 0) is 24.3 Å². The molecule has 2 nitrogen and oxygen atoms in total. The first-order valence-corrected chi connectivity index (χ1v) is 5.54. The minimum Gasteiger partial charge on any atom is -0.479 e. The largest absolute Gasteiger partial charge is 0.479 e. The molecule has 0 aliphatic carbocycles. The van der Waals surface area contributed by atoms with Gasteiger partial charge in [-0.3, -0.25) is 4.79 Å². The van der Waals surface area contributed by atoms with Crippen molar-refractivity contribution in [2.75, 3.05) is 6.61 Å². The molecule has 2 rings (SSSR count). The molecule has 0 aliphatic heterocycles. The summed E-state index contributed by atoms with van der Waals surface area (Å²) in [7, 11) is 0. The molecular weight excluding hydrogens is 276 g/mol. The van der Waals surface area contributed by atoms with Gasteiger partial charge in [0.25, 0.3) is 0 Å². The van der Waals surface area contributed by atoms with Crippen LogP contribution in [0.1, 0.15) is 10.4 Å². The fraction of sp³-hybridized carbons (Fsp3) is 0.0714. The van der Waals surface area contributed by atoms with Crippen molar-refractivity contribution >= 4 is 5.78 Å². The zero-order valence-corrected chi connectivity index (χ0v) is 10.00. The van der Waals surface area contributed by atoms with Gasteiger partial charge in [-0.25, -0.2) is 17.6 Å². The summed E-state index contributed by atoms with van der Waals surface area (Å²) in [5.41, 5.74) is -0.414. The van der Waals surface area contributed by atoms with Crippen LogP contribution in [0, 0.1) is 23.3 Å². The Morgan fingerprint density at radius 1 is 0.950 bits per heavy atom. The predicted octanol–water partition coefficient (Wildman–Crippen LogP) is 3.50. The molecule has 0 N–H and O–H groups in total. The highest BCUT2D eigenvalue weighted by Gasteiger charge is 2.16. The number of hydrogen-bond donors (Lipinski definition) is 0. The SMILES string of the molecule is O=C(COc1c(F)cccc1F)c1ccc(F)cc1F. The van der Waals surface area contributed by atoms with Gasteiger partial charge in [0.05, 0.1) is 5.56 Å². The van der Waals surface area contributed by atoms with Crippen LogP contribution in [0.2, 0.25) is 0 Å². The Bertz CT molecular complexity index is 635. The minimum atomic E-state index is -1.06. The molecule has 104 valence electrons. The van der Waals surface area contributed by atoms with Gasteiger partial charge < -0.3 is 4.74 Å². The zero-order chi connectivity index (χ0) is 14.7. The lowest BCUT2D eigenvalue weighted by atomic mass is 10.1. The van der Waals surface area contributed by atoms with Gasteiger partial charge in [0.1, 0.15) is 11.6 Å². The van der Waals surface area contributed by atoms with E-state index in [9.17, 15) is 22.4 Å². The Morgan fingerprint density at radius 2 is 1.60 bits per heavy atom. The fourth-order valence-corrected chi connectivity index (χ4v) is 1.55. The zero-order valence-electron chi connectivity index (χ0n) is 10.00. The van der Waals surface area contributed by atoms with Crippen molar-refractivity contribution in [1.82, 2.24) is 0 Å². The lowest BCUT2D eigenvalue weighted by molar-refractivity contribution is 0.0911. The number of rotatable bonds is 4. The van der Waals surface area contributed by atoms with Crippen LogP contribution in [-0.4, -0.2) is 12.4 Å². The normalized spacial score (nSPS) is 10.4. The fourth-order valence-electron chi connectivity index (χ4n) is 1.55. The van der Waals surface area contributed by atoms with Gasteiger partial charge >= 0.3 is 0 Å². The first-order chi connectivity index (χ1) is 9.49. The van der Waals surface area contributed by atoms with Gasteiger partial charge in [-0.15, -0.1) is 0 Å². The van der Waals surface area contributed by atoms with Crippen LogP contribution in [0.4, 0.5) is 17.6 Å². The number of ketones is 1. The smallest absolute Gasteiger partial charge is 0.203 e. The van der Waals surface area contributed by atoms with Crippen molar-refractivity contribution in [2.24, 2.45) is 0 Å². The van der Waals surface area contributed by atoms with E-state index in [0.717, 1.165) is 30.3 Å². The van der Waals surface area contributed by atoms with E-state index in [-0.39, 0.29) is 0 Å². The Labute approximate surface area is 111 Å². The van der Waals surface area contributed by atoms with E-state index in [1.54, 1.807) is 0 Å². The molecule has 0 amide bonds. The molecule has 6 heteroatoms. The van der Waals surface area contributed by atoms with E-state index in [1.807, 2.05) is 0 Å². The van der Waals surface area contributed by atoms with Crippen LogP contribution in [-0.2, 0) is 0 Å². The summed E-state index contributed by atoms with van der Waals surface area (Å²) in [5.74, 6) is -5.42. The second-order valence-corrected chi connectivity index (χ2v) is 3.89. The number of Topliss-reactive ketones (excluding diaryl/α,β-unsaturated/α-hetero) is 1. The monoisotopic (exact) mass is 284 g/mol. The summed E-state index contributed by atoms with van der Waals surface area (Å²) >= 11 is 0. The third-order valence-electron chi connectivity index (χ3n) is 2.50. The van der Waals surface area contributed by atoms with Crippen LogP contribution in [0.3, 0.4) is 0 Å².